The number of nitrogens with zero attached hydrogens (tertiary/aromatic N) is 3. The molecule has 38 heavy (non-hydrogen) atoms. The molecule has 9 heteroatoms. The SMILES string of the molecule is CCC[C@@H](NC(=O)N1C(=O)C(CC)(CC)[C@@H]1OCC(=O)N(C)CCN(CC)CCOC)c1ccc(C)cc1. The van der Waals surface area contributed by atoms with E-state index in [0.717, 1.165) is 43.6 Å². The van der Waals surface area contributed by atoms with Gasteiger partial charge < -0.3 is 19.7 Å². The molecule has 0 saturated carbocycles. The van der Waals surface area contributed by atoms with E-state index < -0.39 is 17.7 Å². The third kappa shape index (κ3) is 7.55. The number of amides is 4. The highest BCUT2D eigenvalue weighted by molar-refractivity contribution is 6.03. The minimum Gasteiger partial charge on any atom is -0.383 e. The summed E-state index contributed by atoms with van der Waals surface area (Å²) in [6.07, 6.45) is 1.90. The van der Waals surface area contributed by atoms with E-state index in [2.05, 4.69) is 24.1 Å². The maximum absolute atomic E-state index is 13.4. The smallest absolute Gasteiger partial charge is 0.326 e. The van der Waals surface area contributed by atoms with Gasteiger partial charge >= 0.3 is 6.03 Å². The molecule has 0 aliphatic carbocycles. The number of methoxy groups -OCH3 is 1. The van der Waals surface area contributed by atoms with Crippen molar-refractivity contribution < 1.29 is 23.9 Å². The zero-order valence-electron chi connectivity index (χ0n) is 24.4. The van der Waals surface area contributed by atoms with Crippen LogP contribution in [-0.4, -0.2) is 92.3 Å². The molecule has 1 aromatic carbocycles. The first kappa shape index (κ1) is 31.7. The Hall–Kier alpha value is -2.49. The van der Waals surface area contributed by atoms with Crippen molar-refractivity contribution in [1.82, 2.24) is 20.0 Å². The Morgan fingerprint density at radius 2 is 1.74 bits per heavy atom. The zero-order valence-corrected chi connectivity index (χ0v) is 24.4. The van der Waals surface area contributed by atoms with Gasteiger partial charge in [0.25, 0.3) is 0 Å². The molecule has 4 amide bonds. The van der Waals surface area contributed by atoms with Gasteiger partial charge in [-0.3, -0.25) is 14.5 Å². The molecule has 214 valence electrons. The second kappa shape index (κ2) is 15.2. The number of β-lactam (4-membered cyclic amide) rings is 1. The lowest BCUT2D eigenvalue weighted by Crippen LogP contribution is -2.72. The van der Waals surface area contributed by atoms with Gasteiger partial charge in [-0.25, -0.2) is 9.69 Å². The van der Waals surface area contributed by atoms with Crippen LogP contribution in [0.2, 0.25) is 0 Å². The molecule has 1 saturated heterocycles. The summed E-state index contributed by atoms with van der Waals surface area (Å²) in [6, 6.07) is 7.36. The van der Waals surface area contributed by atoms with Gasteiger partial charge in [0.15, 0.2) is 6.23 Å². The lowest BCUT2D eigenvalue weighted by atomic mass is 9.72. The maximum atomic E-state index is 13.4. The van der Waals surface area contributed by atoms with Crippen molar-refractivity contribution in [2.45, 2.75) is 72.6 Å². The summed E-state index contributed by atoms with van der Waals surface area (Å²) in [5.74, 6) is -0.432. The highest BCUT2D eigenvalue weighted by atomic mass is 16.5. The molecular formula is C29H48N4O5. The predicted molar refractivity (Wildman–Crippen MR) is 149 cm³/mol. The average molecular weight is 533 g/mol. The molecule has 1 heterocycles. The van der Waals surface area contributed by atoms with Crippen molar-refractivity contribution in [1.29, 1.82) is 0 Å². The van der Waals surface area contributed by atoms with Crippen LogP contribution in [0.4, 0.5) is 4.79 Å². The Morgan fingerprint density at radius 3 is 2.29 bits per heavy atom. The lowest BCUT2D eigenvalue weighted by molar-refractivity contribution is -0.211. The first-order chi connectivity index (χ1) is 18.2. The Labute approximate surface area is 228 Å². The van der Waals surface area contributed by atoms with Gasteiger partial charge in [-0.15, -0.1) is 0 Å². The first-order valence-electron chi connectivity index (χ1n) is 14.0. The van der Waals surface area contributed by atoms with E-state index in [1.807, 2.05) is 45.0 Å². The van der Waals surface area contributed by atoms with Crippen LogP contribution in [0.1, 0.15) is 70.5 Å². The highest BCUT2D eigenvalue weighted by Gasteiger charge is 2.62. The number of urea groups is 1. The topological polar surface area (TPSA) is 91.4 Å². The van der Waals surface area contributed by atoms with Gasteiger partial charge in [0.2, 0.25) is 11.8 Å². The van der Waals surface area contributed by atoms with Gasteiger partial charge in [-0.1, -0.05) is 63.9 Å². The molecule has 1 aliphatic rings. The highest BCUT2D eigenvalue weighted by Crippen LogP contribution is 2.46. The van der Waals surface area contributed by atoms with Gasteiger partial charge in [0.1, 0.15) is 6.61 Å². The Kier molecular flexibility index (Phi) is 12.7. The molecule has 1 aliphatic heterocycles. The van der Waals surface area contributed by atoms with Crippen LogP contribution in [-0.2, 0) is 19.1 Å². The predicted octanol–water partition coefficient (Wildman–Crippen LogP) is 3.96. The summed E-state index contributed by atoms with van der Waals surface area (Å²) >= 11 is 0. The van der Waals surface area contributed by atoms with E-state index in [0.29, 0.717) is 26.0 Å². The molecule has 0 unspecified atom stereocenters. The summed E-state index contributed by atoms with van der Waals surface area (Å²) in [7, 11) is 3.42. The number of likely N-dealkylation sites (tertiary alicyclic amines) is 1. The fourth-order valence-corrected chi connectivity index (χ4v) is 4.92. The number of aryl methyl sites for hydroxylation is 1. The van der Waals surface area contributed by atoms with E-state index >= 15 is 0 Å². The number of carbonyl (C=O) groups excluding carboxylic acids is 3. The molecule has 2 atom stereocenters. The van der Waals surface area contributed by atoms with E-state index in [1.165, 1.54) is 4.90 Å². The van der Waals surface area contributed by atoms with E-state index in [1.54, 1.807) is 19.1 Å². The van der Waals surface area contributed by atoms with Crippen LogP contribution in [0.3, 0.4) is 0 Å². The van der Waals surface area contributed by atoms with Crippen molar-refractivity contribution in [3.63, 3.8) is 0 Å². The summed E-state index contributed by atoms with van der Waals surface area (Å²) < 4.78 is 11.2. The molecule has 1 fully saturated rings. The number of hydrogen-bond donors (Lipinski definition) is 1. The molecule has 0 aromatic heterocycles. The molecule has 0 spiro atoms. The number of nitrogens with one attached hydrogen (secondary N) is 1. The van der Waals surface area contributed by atoms with Crippen LogP contribution >= 0.6 is 0 Å². The number of imide groups is 1. The molecule has 9 nitrogen and oxygen atoms in total. The van der Waals surface area contributed by atoms with Gasteiger partial charge in [-0.05, 0) is 38.3 Å². The monoisotopic (exact) mass is 532 g/mol. The first-order valence-corrected chi connectivity index (χ1v) is 14.0. The molecule has 0 radical (unpaired) electrons. The fraction of sp³-hybridized carbons (Fsp3) is 0.690. The molecular weight excluding hydrogens is 484 g/mol. The number of carbonyl (C=O) groups is 3. The number of hydrogen-bond acceptors (Lipinski definition) is 6. The number of benzene rings is 1. The van der Waals surface area contributed by atoms with Crippen molar-refractivity contribution in [2.75, 3.05) is 53.6 Å². The maximum Gasteiger partial charge on any atom is 0.326 e. The van der Waals surface area contributed by atoms with Crippen molar-refractivity contribution >= 4 is 17.8 Å². The summed E-state index contributed by atoms with van der Waals surface area (Å²) in [5.41, 5.74) is 1.33. The fourth-order valence-electron chi connectivity index (χ4n) is 4.92. The van der Waals surface area contributed by atoms with Gasteiger partial charge in [0, 0.05) is 33.8 Å². The summed E-state index contributed by atoms with van der Waals surface area (Å²) in [4.78, 5) is 44.5. The largest absolute Gasteiger partial charge is 0.383 e. The number of likely N-dealkylation sites (N-methyl/N-ethyl adjacent to an activating group) is 2. The third-order valence-corrected chi connectivity index (χ3v) is 7.79. The van der Waals surface area contributed by atoms with Crippen molar-refractivity contribution in [2.24, 2.45) is 5.41 Å². The van der Waals surface area contributed by atoms with Crippen molar-refractivity contribution in [3.8, 4) is 0 Å². The molecule has 2 rings (SSSR count). The van der Waals surface area contributed by atoms with E-state index in [4.69, 9.17) is 9.47 Å². The zero-order chi connectivity index (χ0) is 28.3. The van der Waals surface area contributed by atoms with E-state index in [-0.39, 0.29) is 24.5 Å². The van der Waals surface area contributed by atoms with Crippen LogP contribution in [0, 0.1) is 12.3 Å². The van der Waals surface area contributed by atoms with Gasteiger partial charge in [-0.2, -0.15) is 0 Å². The van der Waals surface area contributed by atoms with Crippen LogP contribution in [0.15, 0.2) is 24.3 Å². The van der Waals surface area contributed by atoms with Crippen LogP contribution in [0.25, 0.3) is 0 Å². The minimum absolute atomic E-state index is 0.183. The number of rotatable bonds is 16. The number of ether oxygens (including phenoxy) is 2. The van der Waals surface area contributed by atoms with E-state index in [9.17, 15) is 14.4 Å². The quantitative estimate of drug-likeness (QED) is 0.324. The summed E-state index contributed by atoms with van der Waals surface area (Å²) in [6.45, 7) is 13.4. The second-order valence-corrected chi connectivity index (χ2v) is 10.1. The van der Waals surface area contributed by atoms with Crippen molar-refractivity contribution in [3.05, 3.63) is 35.4 Å². The molecule has 1 aromatic rings. The minimum atomic E-state index is -0.806. The van der Waals surface area contributed by atoms with Crippen LogP contribution < -0.4 is 5.32 Å². The lowest BCUT2D eigenvalue weighted by Gasteiger charge is -2.53. The van der Waals surface area contributed by atoms with Crippen LogP contribution in [0.5, 0.6) is 0 Å². The Morgan fingerprint density at radius 1 is 1.08 bits per heavy atom. The Bertz CT molecular complexity index is 903. The Balaban J connectivity index is 2.07. The summed E-state index contributed by atoms with van der Waals surface area (Å²) in [5, 5.41) is 3.04. The standard InChI is InChI=1S/C29H48N4O5/c1-8-12-24(23-15-13-22(5)14-16-23)30-28(36)33-26(35)29(9-2,10-3)27(33)38-21-25(34)31(6)17-18-32(11-4)19-20-37-7/h13-16,24,27H,8-12,17-21H2,1-7H3,(H,30,36)/t24-,27+/m1/s1. The molecule has 1 N–H and O–H groups in total. The van der Waals surface area contributed by atoms with Gasteiger partial charge in [0.05, 0.1) is 18.1 Å². The second-order valence-electron chi connectivity index (χ2n) is 10.1. The molecule has 0 bridgehead atoms. The third-order valence-electron chi connectivity index (χ3n) is 7.79. The normalized spacial score (nSPS) is 17.3. The average Bonchev–Trinajstić information content (AvgIpc) is 2.91.